The Hall–Kier alpha value is -2.21. The Bertz CT molecular complexity index is 763. The van der Waals surface area contributed by atoms with Crippen molar-refractivity contribution in [3.8, 4) is 0 Å². The number of rotatable bonds is 4. The van der Waals surface area contributed by atoms with Gasteiger partial charge < -0.3 is 10.6 Å². The van der Waals surface area contributed by atoms with Crippen LogP contribution in [-0.2, 0) is 11.3 Å². The molecule has 0 bridgehead atoms. The monoisotopic (exact) mass is 314 g/mol. The molecule has 1 aliphatic rings. The molecule has 1 aromatic carbocycles. The number of aromatic nitrogens is 2. The molecule has 1 aliphatic heterocycles. The average molecular weight is 314 g/mol. The number of carbonyl (C=O) groups excluding carboxylic acids is 1. The number of fused-ring (bicyclic) bond motifs is 1. The molecule has 23 heavy (non-hydrogen) atoms. The van der Waals surface area contributed by atoms with Crippen molar-refractivity contribution in [1.29, 1.82) is 0 Å². The number of nitrogens with one attached hydrogen (secondary N) is 2. The lowest BCUT2D eigenvalue weighted by Crippen LogP contribution is -2.43. The zero-order valence-electron chi connectivity index (χ0n) is 13.3. The number of piperidine rings is 1. The third kappa shape index (κ3) is 3.59. The van der Waals surface area contributed by atoms with Gasteiger partial charge >= 0.3 is 0 Å². The van der Waals surface area contributed by atoms with E-state index in [0.717, 1.165) is 37.0 Å². The van der Waals surface area contributed by atoms with Gasteiger partial charge in [-0.2, -0.15) is 0 Å². The molecule has 0 aliphatic carbocycles. The summed E-state index contributed by atoms with van der Waals surface area (Å²) < 4.78 is 1.52. The first kappa shape index (κ1) is 15.7. The zero-order valence-corrected chi connectivity index (χ0v) is 13.3. The van der Waals surface area contributed by atoms with Crippen LogP contribution in [0.4, 0.5) is 0 Å². The van der Waals surface area contributed by atoms with Crippen molar-refractivity contribution in [3.63, 3.8) is 0 Å². The minimum absolute atomic E-state index is 0.00635. The maximum absolute atomic E-state index is 12.5. The van der Waals surface area contributed by atoms with E-state index in [1.807, 2.05) is 19.1 Å². The molecule has 6 heteroatoms. The van der Waals surface area contributed by atoms with Crippen LogP contribution < -0.4 is 16.2 Å². The Morgan fingerprint density at radius 1 is 1.39 bits per heavy atom. The highest BCUT2D eigenvalue weighted by Gasteiger charge is 2.15. The third-order valence-electron chi connectivity index (χ3n) is 4.34. The predicted molar refractivity (Wildman–Crippen MR) is 89.4 cm³/mol. The lowest BCUT2D eigenvalue weighted by Gasteiger charge is -2.23. The Kier molecular flexibility index (Phi) is 4.71. The zero-order chi connectivity index (χ0) is 16.2. The molecule has 3 rings (SSSR count). The summed E-state index contributed by atoms with van der Waals surface area (Å²) in [6.07, 6.45) is 3.75. The number of hydrogen-bond acceptors (Lipinski definition) is 4. The molecule has 122 valence electrons. The van der Waals surface area contributed by atoms with Crippen molar-refractivity contribution in [2.24, 2.45) is 0 Å². The average Bonchev–Trinajstić information content (AvgIpc) is 2.56. The highest BCUT2D eigenvalue weighted by molar-refractivity contribution is 5.80. The molecular formula is C17H22N4O2. The topological polar surface area (TPSA) is 76.0 Å². The van der Waals surface area contributed by atoms with Crippen LogP contribution in [0.5, 0.6) is 0 Å². The normalized spacial score (nSPS) is 15.7. The summed E-state index contributed by atoms with van der Waals surface area (Å²) in [5.74, 6) is -0.00635. The van der Waals surface area contributed by atoms with Crippen LogP contribution in [0.2, 0.25) is 0 Å². The SMILES string of the molecule is Cc1cccc2c(=O)n(CCC(=O)NC3CCNCC3)cnc12. The number of nitrogens with zero attached hydrogens (tertiary/aromatic N) is 2. The van der Waals surface area contributed by atoms with Crippen molar-refractivity contribution >= 4 is 16.8 Å². The van der Waals surface area contributed by atoms with Crippen LogP contribution in [0.1, 0.15) is 24.8 Å². The number of amides is 1. The minimum Gasteiger partial charge on any atom is -0.353 e. The van der Waals surface area contributed by atoms with Gasteiger partial charge in [-0.25, -0.2) is 4.98 Å². The molecule has 1 amide bonds. The number of benzene rings is 1. The number of aryl methyl sites for hydroxylation is 2. The smallest absolute Gasteiger partial charge is 0.261 e. The van der Waals surface area contributed by atoms with Crippen LogP contribution in [0.25, 0.3) is 10.9 Å². The van der Waals surface area contributed by atoms with Crippen LogP contribution >= 0.6 is 0 Å². The van der Waals surface area contributed by atoms with Crippen LogP contribution in [0.15, 0.2) is 29.3 Å². The fourth-order valence-corrected chi connectivity index (χ4v) is 2.98. The number of hydrogen-bond donors (Lipinski definition) is 2. The molecule has 2 aromatic rings. The molecule has 0 saturated carbocycles. The highest BCUT2D eigenvalue weighted by atomic mass is 16.2. The molecular weight excluding hydrogens is 292 g/mol. The van der Waals surface area contributed by atoms with Gasteiger partial charge in [0.05, 0.1) is 17.2 Å². The largest absolute Gasteiger partial charge is 0.353 e. The molecule has 1 saturated heterocycles. The Morgan fingerprint density at radius 3 is 2.96 bits per heavy atom. The fraction of sp³-hybridized carbons (Fsp3) is 0.471. The van der Waals surface area contributed by atoms with Crippen molar-refractivity contribution in [2.45, 2.75) is 38.8 Å². The predicted octanol–water partition coefficient (Wildman–Crippen LogP) is 0.963. The molecule has 1 aromatic heterocycles. The maximum Gasteiger partial charge on any atom is 0.261 e. The molecule has 0 radical (unpaired) electrons. The fourth-order valence-electron chi connectivity index (χ4n) is 2.98. The van der Waals surface area contributed by atoms with Gasteiger partial charge in [-0.15, -0.1) is 0 Å². The second-order valence-electron chi connectivity index (χ2n) is 6.06. The Morgan fingerprint density at radius 2 is 2.17 bits per heavy atom. The summed E-state index contributed by atoms with van der Waals surface area (Å²) in [4.78, 5) is 28.9. The second kappa shape index (κ2) is 6.91. The molecule has 2 heterocycles. The molecule has 0 unspecified atom stereocenters. The van der Waals surface area contributed by atoms with E-state index in [4.69, 9.17) is 0 Å². The summed E-state index contributed by atoms with van der Waals surface area (Å²) >= 11 is 0. The quantitative estimate of drug-likeness (QED) is 0.881. The van der Waals surface area contributed by atoms with Crippen molar-refractivity contribution in [1.82, 2.24) is 20.2 Å². The molecule has 0 spiro atoms. The Balaban J connectivity index is 1.66. The minimum atomic E-state index is -0.0895. The molecule has 0 atom stereocenters. The van der Waals surface area contributed by atoms with Gasteiger partial charge in [0.2, 0.25) is 5.91 Å². The van der Waals surface area contributed by atoms with E-state index in [9.17, 15) is 9.59 Å². The van der Waals surface area contributed by atoms with Crippen LogP contribution in [0, 0.1) is 6.92 Å². The van der Waals surface area contributed by atoms with Gasteiger partial charge in [-0.05, 0) is 44.5 Å². The third-order valence-corrected chi connectivity index (χ3v) is 4.34. The van der Waals surface area contributed by atoms with E-state index < -0.39 is 0 Å². The summed E-state index contributed by atoms with van der Waals surface area (Å²) in [6, 6.07) is 5.82. The van der Waals surface area contributed by atoms with E-state index in [2.05, 4.69) is 15.6 Å². The van der Waals surface area contributed by atoms with Gasteiger partial charge in [0.1, 0.15) is 0 Å². The van der Waals surface area contributed by atoms with Gasteiger partial charge in [-0.3, -0.25) is 14.2 Å². The van der Waals surface area contributed by atoms with E-state index in [1.165, 1.54) is 10.9 Å². The van der Waals surface area contributed by atoms with Gasteiger partial charge in [0.25, 0.3) is 5.56 Å². The van der Waals surface area contributed by atoms with Gasteiger partial charge in [0, 0.05) is 19.0 Å². The van der Waals surface area contributed by atoms with E-state index in [-0.39, 0.29) is 17.5 Å². The summed E-state index contributed by atoms with van der Waals surface area (Å²) in [6.45, 7) is 4.18. The van der Waals surface area contributed by atoms with Crippen molar-refractivity contribution in [2.75, 3.05) is 13.1 Å². The standard InChI is InChI=1S/C17H22N4O2/c1-12-3-2-4-14-16(12)19-11-21(17(14)23)10-7-15(22)20-13-5-8-18-9-6-13/h2-4,11,13,18H,5-10H2,1H3,(H,20,22). The first-order valence-corrected chi connectivity index (χ1v) is 8.10. The lowest BCUT2D eigenvalue weighted by molar-refractivity contribution is -0.122. The van der Waals surface area contributed by atoms with Gasteiger partial charge in [0.15, 0.2) is 0 Å². The van der Waals surface area contributed by atoms with Crippen molar-refractivity contribution in [3.05, 3.63) is 40.4 Å². The van der Waals surface area contributed by atoms with Crippen molar-refractivity contribution < 1.29 is 4.79 Å². The van der Waals surface area contributed by atoms with Crippen LogP contribution in [0.3, 0.4) is 0 Å². The maximum atomic E-state index is 12.5. The first-order chi connectivity index (χ1) is 11.1. The molecule has 2 N–H and O–H groups in total. The number of carbonyl (C=O) groups is 1. The summed E-state index contributed by atoms with van der Waals surface area (Å²) in [7, 11) is 0. The summed E-state index contributed by atoms with van der Waals surface area (Å²) in [5.41, 5.74) is 1.62. The summed E-state index contributed by atoms with van der Waals surface area (Å²) in [5, 5.41) is 6.91. The molecule has 6 nitrogen and oxygen atoms in total. The highest BCUT2D eigenvalue weighted by Crippen LogP contribution is 2.11. The lowest BCUT2D eigenvalue weighted by atomic mass is 10.1. The van der Waals surface area contributed by atoms with Crippen LogP contribution in [-0.4, -0.2) is 34.6 Å². The van der Waals surface area contributed by atoms with E-state index in [0.29, 0.717) is 18.4 Å². The Labute approximate surface area is 134 Å². The number of para-hydroxylation sites is 1. The van der Waals surface area contributed by atoms with E-state index >= 15 is 0 Å². The van der Waals surface area contributed by atoms with Gasteiger partial charge in [-0.1, -0.05) is 12.1 Å². The second-order valence-corrected chi connectivity index (χ2v) is 6.06. The molecule has 1 fully saturated rings. The first-order valence-electron chi connectivity index (χ1n) is 8.10. The van der Waals surface area contributed by atoms with E-state index in [1.54, 1.807) is 6.07 Å².